The van der Waals surface area contributed by atoms with Gasteiger partial charge in [0.15, 0.2) is 0 Å². The van der Waals surface area contributed by atoms with Crippen LogP contribution >= 0.6 is 0 Å². The molecule has 4 heteroatoms. The van der Waals surface area contributed by atoms with Gasteiger partial charge in [-0.05, 0) is 0 Å². The highest BCUT2D eigenvalue weighted by atomic mass is 16.5. The molecule has 72 valence electrons. The predicted molar refractivity (Wildman–Crippen MR) is 43.6 cm³/mol. The van der Waals surface area contributed by atoms with Gasteiger partial charge in [-0.2, -0.15) is 0 Å². The van der Waals surface area contributed by atoms with Gasteiger partial charge in [-0.15, -0.1) is 0 Å². The first-order valence-corrected chi connectivity index (χ1v) is 4.29. The van der Waals surface area contributed by atoms with Gasteiger partial charge in [0.2, 0.25) is 0 Å². The number of aliphatic hydroxyl groups excluding tert-OH is 2. The van der Waals surface area contributed by atoms with Crippen molar-refractivity contribution >= 4 is 5.97 Å². The van der Waals surface area contributed by atoms with Crippen molar-refractivity contribution in [2.24, 2.45) is 17.8 Å². The molecule has 0 spiro atoms. The summed E-state index contributed by atoms with van der Waals surface area (Å²) in [7, 11) is 1.32. The number of methoxy groups -OCH3 is 1. The molecular formula is C9H12O4. The number of ether oxygens (including phenoxy) is 1. The zero-order valence-corrected chi connectivity index (χ0v) is 7.25. The highest BCUT2D eigenvalue weighted by Crippen LogP contribution is 2.53. The van der Waals surface area contributed by atoms with Crippen LogP contribution in [-0.2, 0) is 9.53 Å². The van der Waals surface area contributed by atoms with E-state index in [1.54, 1.807) is 0 Å². The standard InChI is InChI=1S/C9H12O4/c1-13-9(12)8-6-4(10)2-3-5(11)7(6)8/h2-8,10-11H,1H3/t4-,5+,6+,7-,8?. The van der Waals surface area contributed by atoms with Gasteiger partial charge in [-0.25, -0.2) is 0 Å². The zero-order chi connectivity index (χ0) is 9.59. The third-order valence-corrected chi connectivity index (χ3v) is 2.90. The Morgan fingerprint density at radius 2 is 1.69 bits per heavy atom. The summed E-state index contributed by atoms with van der Waals surface area (Å²) < 4.78 is 4.57. The fourth-order valence-corrected chi connectivity index (χ4v) is 2.17. The third-order valence-electron chi connectivity index (χ3n) is 2.90. The van der Waals surface area contributed by atoms with Crippen LogP contribution in [0.2, 0.25) is 0 Å². The van der Waals surface area contributed by atoms with Crippen LogP contribution in [0.15, 0.2) is 12.2 Å². The van der Waals surface area contributed by atoms with E-state index >= 15 is 0 Å². The molecule has 1 saturated carbocycles. The van der Waals surface area contributed by atoms with E-state index in [-0.39, 0.29) is 23.7 Å². The first kappa shape index (κ1) is 8.72. The Labute approximate surface area is 75.8 Å². The second kappa shape index (κ2) is 2.82. The lowest BCUT2D eigenvalue weighted by molar-refractivity contribution is -0.143. The van der Waals surface area contributed by atoms with Crippen LogP contribution in [0.5, 0.6) is 0 Å². The summed E-state index contributed by atoms with van der Waals surface area (Å²) in [5, 5.41) is 18.9. The number of esters is 1. The third kappa shape index (κ3) is 1.17. The van der Waals surface area contributed by atoms with Gasteiger partial charge in [-0.1, -0.05) is 12.2 Å². The molecule has 2 N–H and O–H groups in total. The Bertz CT molecular complexity index is 242. The van der Waals surface area contributed by atoms with Crippen molar-refractivity contribution in [3.63, 3.8) is 0 Å². The van der Waals surface area contributed by atoms with Crippen molar-refractivity contribution in [2.75, 3.05) is 7.11 Å². The van der Waals surface area contributed by atoms with Crippen LogP contribution in [0.3, 0.4) is 0 Å². The molecule has 13 heavy (non-hydrogen) atoms. The van der Waals surface area contributed by atoms with E-state index in [0.29, 0.717) is 0 Å². The van der Waals surface area contributed by atoms with E-state index in [4.69, 9.17) is 0 Å². The number of hydrogen-bond donors (Lipinski definition) is 2. The van der Waals surface area contributed by atoms with E-state index in [1.165, 1.54) is 19.3 Å². The summed E-state index contributed by atoms with van der Waals surface area (Å²) in [6, 6.07) is 0. The molecule has 5 atom stereocenters. The molecule has 2 aliphatic carbocycles. The monoisotopic (exact) mass is 184 g/mol. The molecule has 4 nitrogen and oxygen atoms in total. The van der Waals surface area contributed by atoms with Crippen LogP contribution in [-0.4, -0.2) is 35.5 Å². The number of fused-ring (bicyclic) bond motifs is 1. The van der Waals surface area contributed by atoms with Crippen molar-refractivity contribution in [3.05, 3.63) is 12.2 Å². The fraction of sp³-hybridized carbons (Fsp3) is 0.667. The summed E-state index contributed by atoms with van der Waals surface area (Å²) in [6.07, 6.45) is 1.85. The lowest BCUT2D eigenvalue weighted by Gasteiger charge is -2.12. The smallest absolute Gasteiger partial charge is 0.309 e. The zero-order valence-electron chi connectivity index (χ0n) is 7.25. The summed E-state index contributed by atoms with van der Waals surface area (Å²) in [5.41, 5.74) is 0. The lowest BCUT2D eigenvalue weighted by Crippen LogP contribution is -2.19. The fourth-order valence-electron chi connectivity index (χ4n) is 2.17. The summed E-state index contributed by atoms with van der Waals surface area (Å²) in [5.74, 6) is -0.957. The Balaban J connectivity index is 2.11. The van der Waals surface area contributed by atoms with Gasteiger partial charge in [0, 0.05) is 11.8 Å². The minimum absolute atomic E-state index is 0.146. The highest BCUT2D eigenvalue weighted by Gasteiger charge is 2.62. The van der Waals surface area contributed by atoms with Gasteiger partial charge < -0.3 is 14.9 Å². The molecule has 2 rings (SSSR count). The van der Waals surface area contributed by atoms with E-state index in [9.17, 15) is 15.0 Å². The maximum Gasteiger partial charge on any atom is 0.309 e. The van der Waals surface area contributed by atoms with Crippen LogP contribution in [0.4, 0.5) is 0 Å². The molecule has 1 fully saturated rings. The molecule has 0 saturated heterocycles. The Morgan fingerprint density at radius 3 is 2.08 bits per heavy atom. The molecule has 0 aromatic heterocycles. The number of aliphatic hydroxyl groups is 2. The molecule has 0 aromatic rings. The molecule has 0 aliphatic heterocycles. The van der Waals surface area contributed by atoms with E-state index in [2.05, 4.69) is 4.74 Å². The predicted octanol–water partition coefficient (Wildman–Crippen LogP) is -0.687. The van der Waals surface area contributed by atoms with Gasteiger partial charge >= 0.3 is 5.97 Å². The Kier molecular flexibility index (Phi) is 1.89. The second-order valence-corrected chi connectivity index (χ2v) is 3.57. The Morgan fingerprint density at radius 1 is 1.23 bits per heavy atom. The quantitative estimate of drug-likeness (QED) is 0.418. The first-order valence-electron chi connectivity index (χ1n) is 4.29. The summed E-state index contributed by atoms with van der Waals surface area (Å²) in [6.45, 7) is 0. The van der Waals surface area contributed by atoms with Gasteiger partial charge in [0.1, 0.15) is 0 Å². The van der Waals surface area contributed by atoms with E-state index in [0.717, 1.165) is 0 Å². The Hall–Kier alpha value is -0.870. The number of carbonyl (C=O) groups excluding carboxylic acids is 1. The largest absolute Gasteiger partial charge is 0.469 e. The van der Waals surface area contributed by atoms with Gasteiger partial charge in [0.25, 0.3) is 0 Å². The van der Waals surface area contributed by atoms with Crippen molar-refractivity contribution in [1.29, 1.82) is 0 Å². The average Bonchev–Trinajstić information content (AvgIpc) is 2.86. The number of rotatable bonds is 1. The molecular weight excluding hydrogens is 172 g/mol. The molecule has 1 unspecified atom stereocenters. The van der Waals surface area contributed by atoms with Crippen molar-refractivity contribution in [3.8, 4) is 0 Å². The molecule has 0 radical (unpaired) electrons. The highest BCUT2D eigenvalue weighted by molar-refractivity contribution is 5.77. The van der Waals surface area contributed by atoms with Crippen LogP contribution in [0, 0.1) is 17.8 Å². The normalized spacial score (nSPS) is 46.8. The van der Waals surface area contributed by atoms with Crippen LogP contribution in [0.25, 0.3) is 0 Å². The van der Waals surface area contributed by atoms with E-state index in [1.807, 2.05) is 0 Å². The van der Waals surface area contributed by atoms with Crippen molar-refractivity contribution in [2.45, 2.75) is 12.2 Å². The second-order valence-electron chi connectivity index (χ2n) is 3.57. The maximum atomic E-state index is 11.2. The van der Waals surface area contributed by atoms with Gasteiger partial charge in [0.05, 0.1) is 25.2 Å². The first-order chi connectivity index (χ1) is 6.16. The average molecular weight is 184 g/mol. The van der Waals surface area contributed by atoms with Crippen molar-refractivity contribution < 1.29 is 19.7 Å². The van der Waals surface area contributed by atoms with Crippen LogP contribution in [0.1, 0.15) is 0 Å². The SMILES string of the molecule is COC(=O)C1[C@@H]2[C@H]1[C@@H](O)C=C[C@H]2O. The number of hydrogen-bond acceptors (Lipinski definition) is 4. The van der Waals surface area contributed by atoms with Crippen molar-refractivity contribution in [1.82, 2.24) is 0 Å². The molecule has 0 amide bonds. The summed E-state index contributed by atoms with van der Waals surface area (Å²) in [4.78, 5) is 11.2. The minimum atomic E-state index is -0.613. The number of carbonyl (C=O) groups is 1. The summed E-state index contributed by atoms with van der Waals surface area (Å²) >= 11 is 0. The van der Waals surface area contributed by atoms with Crippen LogP contribution < -0.4 is 0 Å². The topological polar surface area (TPSA) is 66.8 Å². The van der Waals surface area contributed by atoms with Gasteiger partial charge in [-0.3, -0.25) is 4.79 Å². The molecule has 2 aliphatic rings. The molecule has 0 bridgehead atoms. The minimum Gasteiger partial charge on any atom is -0.469 e. The lowest BCUT2D eigenvalue weighted by atomic mass is 10.0. The molecule has 0 aromatic carbocycles. The molecule has 0 heterocycles. The van der Waals surface area contributed by atoms with E-state index < -0.39 is 12.2 Å². The maximum absolute atomic E-state index is 11.2.